The average molecular weight is 687 g/mol. The second-order valence-electron chi connectivity index (χ2n) is 18.6. The maximum Gasteiger partial charge on any atom is 0.308 e. The molecule has 0 radical (unpaired) electrons. The molecule has 7 nitrogen and oxygen atoms in total. The van der Waals surface area contributed by atoms with E-state index in [-0.39, 0.29) is 45.5 Å². The first-order chi connectivity index (χ1) is 22.9. The largest absolute Gasteiger partial charge is 0.481 e. The van der Waals surface area contributed by atoms with Gasteiger partial charge in [0, 0.05) is 13.0 Å². The maximum absolute atomic E-state index is 14.3. The van der Waals surface area contributed by atoms with Crippen LogP contribution in [0.3, 0.4) is 0 Å². The van der Waals surface area contributed by atoms with Gasteiger partial charge in [0.1, 0.15) is 0 Å². The summed E-state index contributed by atoms with van der Waals surface area (Å²) >= 11 is 0. The number of aliphatic hydroxyl groups is 1. The zero-order valence-electron chi connectivity index (χ0n) is 31.5. The zero-order valence-corrected chi connectivity index (χ0v) is 31.5. The molecule has 5 rings (SSSR count). The number of halogens is 1. The molecule has 5 aliphatic carbocycles. The zero-order chi connectivity index (χ0) is 36.0. The molecule has 0 saturated heterocycles. The topological polar surface area (TPSA) is 116 Å². The Hall–Kier alpha value is -1.96. The summed E-state index contributed by atoms with van der Waals surface area (Å²) < 4.78 is 13.5. The molecule has 0 heterocycles. The molecule has 4 N–H and O–H groups in total. The summed E-state index contributed by atoms with van der Waals surface area (Å²) in [5, 5.41) is 25.2. The van der Waals surface area contributed by atoms with E-state index in [1.807, 2.05) is 0 Å². The highest BCUT2D eigenvalue weighted by atomic mass is 19.1. The van der Waals surface area contributed by atoms with Gasteiger partial charge in [-0.05, 0) is 135 Å². The van der Waals surface area contributed by atoms with Gasteiger partial charge in [-0.25, -0.2) is 4.39 Å². The quantitative estimate of drug-likeness (QED) is 0.0883. The number of aliphatic carboxylic acids is 1. The number of aliphatic hydroxyl groups excluding tert-OH is 1. The summed E-state index contributed by atoms with van der Waals surface area (Å²) in [4.78, 5) is 36.8. The minimum atomic E-state index is -1.85. The molecule has 5 saturated carbocycles. The number of hydrogen-bond donors (Lipinski definition) is 4. The van der Waals surface area contributed by atoms with Gasteiger partial charge in [0.15, 0.2) is 6.30 Å². The molecule has 0 aliphatic heterocycles. The summed E-state index contributed by atoms with van der Waals surface area (Å²) in [6, 6.07) is 0. The molecule has 5 aliphatic rings. The van der Waals surface area contributed by atoms with E-state index >= 15 is 0 Å². The van der Waals surface area contributed by atoms with Gasteiger partial charge < -0.3 is 20.8 Å². The first-order valence-corrected chi connectivity index (χ1v) is 19.7. The summed E-state index contributed by atoms with van der Waals surface area (Å²) in [5.74, 6) is 0.948. The lowest BCUT2D eigenvalue weighted by Gasteiger charge is -2.72. The van der Waals surface area contributed by atoms with Crippen LogP contribution in [0.4, 0.5) is 4.39 Å². The van der Waals surface area contributed by atoms with E-state index in [1.54, 1.807) is 0 Å². The lowest BCUT2D eigenvalue weighted by atomic mass is 9.32. The van der Waals surface area contributed by atoms with E-state index in [0.29, 0.717) is 42.6 Å². The van der Waals surface area contributed by atoms with Crippen LogP contribution in [-0.2, 0) is 14.4 Å². The number of hydrogen-bond acceptors (Lipinski definition) is 4. The van der Waals surface area contributed by atoms with Crippen LogP contribution in [0.25, 0.3) is 0 Å². The van der Waals surface area contributed by atoms with Crippen LogP contribution in [0.1, 0.15) is 151 Å². The van der Waals surface area contributed by atoms with Gasteiger partial charge in [0.25, 0.3) is 0 Å². The van der Waals surface area contributed by atoms with E-state index in [0.717, 1.165) is 64.2 Å². The number of carboxylic acid groups (broad SMARTS) is 1. The number of nitrogens with one attached hydrogen (secondary N) is 2. The molecular weight excluding hydrogens is 619 g/mol. The number of rotatable bonds is 13. The number of allylic oxidation sites excluding steroid dienone is 1. The number of carboxylic acids is 1. The van der Waals surface area contributed by atoms with E-state index in [2.05, 4.69) is 58.8 Å². The highest BCUT2D eigenvalue weighted by molar-refractivity contribution is 5.84. The SMILES string of the molecule is C=C(C)[C@@H]1CC[C@]2(C(=O)NCCCCCCCC(=O)NC(F)CC(=O)O)CC[C@]3(C)[C@H](CC[C@@H]4[C@@]5(C)CC[C@H](O)C(C)(C)[C@@H]5CC[C@]43C)[C@@H]12. The van der Waals surface area contributed by atoms with Crippen molar-refractivity contribution in [1.82, 2.24) is 10.6 Å². The van der Waals surface area contributed by atoms with Gasteiger partial charge >= 0.3 is 5.97 Å². The minimum absolute atomic E-state index is 0.0518. The normalized spacial score (nSPS) is 41.3. The van der Waals surface area contributed by atoms with Gasteiger partial charge in [-0.1, -0.05) is 66.0 Å². The summed E-state index contributed by atoms with van der Waals surface area (Å²) in [6.45, 7) is 19.8. The predicted octanol–water partition coefficient (Wildman–Crippen LogP) is 8.35. The third-order valence-electron chi connectivity index (χ3n) is 16.0. The van der Waals surface area contributed by atoms with Gasteiger partial charge in [0.05, 0.1) is 17.9 Å². The third-order valence-corrected chi connectivity index (χ3v) is 16.0. The molecule has 0 spiro atoms. The number of alkyl halides is 1. The Morgan fingerprint density at radius 3 is 2.22 bits per heavy atom. The lowest BCUT2D eigenvalue weighted by molar-refractivity contribution is -0.246. The van der Waals surface area contributed by atoms with Crippen molar-refractivity contribution in [2.75, 3.05) is 6.54 Å². The smallest absolute Gasteiger partial charge is 0.308 e. The van der Waals surface area contributed by atoms with Gasteiger partial charge in [-0.15, -0.1) is 0 Å². The van der Waals surface area contributed by atoms with Crippen molar-refractivity contribution in [3.63, 3.8) is 0 Å². The predicted molar refractivity (Wildman–Crippen MR) is 191 cm³/mol. The fraction of sp³-hybridized carbons (Fsp3) is 0.878. The molecule has 0 bridgehead atoms. The summed E-state index contributed by atoms with van der Waals surface area (Å²) in [6.07, 6.45) is 12.6. The van der Waals surface area contributed by atoms with Crippen LogP contribution >= 0.6 is 0 Å². The van der Waals surface area contributed by atoms with E-state index in [1.165, 1.54) is 31.3 Å². The Labute approximate surface area is 295 Å². The Bertz CT molecular complexity index is 1270. The second-order valence-corrected chi connectivity index (χ2v) is 18.6. The molecule has 278 valence electrons. The van der Waals surface area contributed by atoms with Crippen molar-refractivity contribution in [3.05, 3.63) is 12.2 Å². The molecule has 8 heteroatoms. The monoisotopic (exact) mass is 687 g/mol. The third kappa shape index (κ3) is 6.63. The molecule has 1 unspecified atom stereocenters. The number of carbonyl (C=O) groups is 3. The standard InChI is InChI=1S/C41H67FN2O5/c1-26(2)27-16-21-41(36(49)43-24-12-10-8-9-11-13-33(46)44-32(42)25-34(47)48)23-22-39(6)28(35(27)41)14-15-30-38(5)19-18-31(45)37(3,4)29(38)17-20-40(30,39)7/h27-32,35,45H,1,8-25H2,2-7H3,(H,43,49)(H,44,46)(H,47,48)/t27-,28+,29-,30+,31-,32?,35+,38-,39+,40+,41-/m0/s1. The van der Waals surface area contributed by atoms with Gasteiger partial charge in [-0.3, -0.25) is 14.4 Å². The van der Waals surface area contributed by atoms with Gasteiger partial charge in [-0.2, -0.15) is 0 Å². The fourth-order valence-electron chi connectivity index (χ4n) is 13.3. The average Bonchev–Trinajstić information content (AvgIpc) is 3.42. The summed E-state index contributed by atoms with van der Waals surface area (Å²) in [5.41, 5.74) is 1.50. The Morgan fingerprint density at radius 1 is 0.837 bits per heavy atom. The molecule has 49 heavy (non-hydrogen) atoms. The maximum atomic E-state index is 14.3. The Balaban J connectivity index is 1.20. The van der Waals surface area contributed by atoms with Crippen LogP contribution in [0, 0.1) is 56.7 Å². The van der Waals surface area contributed by atoms with Crippen LogP contribution in [-0.4, -0.2) is 46.9 Å². The number of fused-ring (bicyclic) bond motifs is 7. The fourth-order valence-corrected chi connectivity index (χ4v) is 13.3. The van der Waals surface area contributed by atoms with Crippen LogP contribution < -0.4 is 10.6 Å². The molecule has 11 atom stereocenters. The van der Waals surface area contributed by atoms with Crippen molar-refractivity contribution >= 4 is 17.8 Å². The number of carbonyl (C=O) groups excluding carboxylic acids is 2. The lowest BCUT2D eigenvalue weighted by Crippen LogP contribution is -2.67. The van der Waals surface area contributed by atoms with Crippen molar-refractivity contribution in [2.45, 2.75) is 163 Å². The van der Waals surface area contributed by atoms with E-state index in [9.17, 15) is 23.9 Å². The second kappa shape index (κ2) is 14.2. The molecular formula is C41H67FN2O5. The van der Waals surface area contributed by atoms with E-state index in [4.69, 9.17) is 5.11 Å². The molecule has 0 aromatic heterocycles. The minimum Gasteiger partial charge on any atom is -0.481 e. The highest BCUT2D eigenvalue weighted by Crippen LogP contribution is 2.77. The van der Waals surface area contributed by atoms with Crippen molar-refractivity contribution in [3.8, 4) is 0 Å². The van der Waals surface area contributed by atoms with Crippen molar-refractivity contribution in [2.24, 2.45) is 56.7 Å². The van der Waals surface area contributed by atoms with E-state index < -0.39 is 24.6 Å². The van der Waals surface area contributed by atoms with Crippen molar-refractivity contribution in [1.29, 1.82) is 0 Å². The number of unbranched alkanes of at least 4 members (excludes halogenated alkanes) is 4. The molecule has 2 amide bonds. The van der Waals surface area contributed by atoms with Gasteiger partial charge in [0.2, 0.25) is 11.8 Å². The summed E-state index contributed by atoms with van der Waals surface area (Å²) in [7, 11) is 0. The Kier molecular flexibility index (Phi) is 11.1. The number of amides is 2. The highest BCUT2D eigenvalue weighted by Gasteiger charge is 2.71. The molecule has 0 aromatic carbocycles. The first-order valence-electron chi connectivity index (χ1n) is 19.7. The Morgan fingerprint density at radius 2 is 1.53 bits per heavy atom. The molecule has 5 fully saturated rings. The first kappa shape index (κ1) is 38.3. The van der Waals surface area contributed by atoms with Crippen molar-refractivity contribution < 1.29 is 29.0 Å². The van der Waals surface area contributed by atoms with Crippen LogP contribution in [0.2, 0.25) is 0 Å². The van der Waals surface area contributed by atoms with Crippen LogP contribution in [0.5, 0.6) is 0 Å². The molecule has 0 aromatic rings. The van der Waals surface area contributed by atoms with Crippen LogP contribution in [0.15, 0.2) is 12.2 Å².